The van der Waals surface area contributed by atoms with Crippen molar-refractivity contribution >= 4 is 32.7 Å². The van der Waals surface area contributed by atoms with E-state index in [4.69, 9.17) is 4.74 Å². The predicted molar refractivity (Wildman–Crippen MR) is 89.5 cm³/mol. The Morgan fingerprint density at radius 1 is 1.18 bits per heavy atom. The second-order valence-electron chi connectivity index (χ2n) is 4.98. The van der Waals surface area contributed by atoms with E-state index >= 15 is 0 Å². The van der Waals surface area contributed by atoms with Crippen LogP contribution in [0.25, 0.3) is 16.5 Å². The van der Waals surface area contributed by atoms with Crippen LogP contribution < -0.4 is 0 Å². The number of carbonyl (C=O) groups is 1. The molecule has 0 N–H and O–H groups in total. The molecule has 0 atom stereocenters. The molecule has 3 aromatic rings. The highest BCUT2D eigenvalue weighted by molar-refractivity contribution is 9.10. The van der Waals surface area contributed by atoms with Gasteiger partial charge in [0.2, 0.25) is 0 Å². The van der Waals surface area contributed by atoms with Gasteiger partial charge >= 0.3 is 5.97 Å². The smallest absolute Gasteiger partial charge is 0.357 e. The Kier molecular flexibility index (Phi) is 3.98. The molecule has 0 unspecified atom stereocenters. The molecule has 4 nitrogen and oxygen atoms in total. The van der Waals surface area contributed by atoms with Crippen molar-refractivity contribution in [1.29, 1.82) is 0 Å². The van der Waals surface area contributed by atoms with Crippen molar-refractivity contribution in [2.75, 3.05) is 6.61 Å². The number of aromatic nitrogens is 2. The van der Waals surface area contributed by atoms with Crippen molar-refractivity contribution in [2.24, 2.45) is 0 Å². The summed E-state index contributed by atoms with van der Waals surface area (Å²) in [6, 6.07) is 13.8. The zero-order valence-electron chi connectivity index (χ0n) is 12.3. The van der Waals surface area contributed by atoms with Crippen molar-refractivity contribution < 1.29 is 9.53 Å². The molecule has 3 rings (SSSR count). The molecule has 0 saturated carbocycles. The fourth-order valence-electron chi connectivity index (χ4n) is 2.38. The van der Waals surface area contributed by atoms with Gasteiger partial charge in [-0.15, -0.1) is 0 Å². The summed E-state index contributed by atoms with van der Waals surface area (Å²) in [7, 11) is 0. The summed E-state index contributed by atoms with van der Waals surface area (Å²) in [6.07, 6.45) is 0. The first-order valence-electron chi connectivity index (χ1n) is 7.02. The number of hydrogen-bond acceptors (Lipinski definition) is 3. The maximum Gasteiger partial charge on any atom is 0.357 e. The lowest BCUT2D eigenvalue weighted by molar-refractivity contribution is 0.0515. The van der Waals surface area contributed by atoms with Crippen molar-refractivity contribution in [3.05, 3.63) is 58.3 Å². The molecule has 5 heteroatoms. The minimum absolute atomic E-state index is 0.342. The standard InChI is InChI=1S/C17H15BrN2O2/c1-3-22-17(21)16-8-11(2)19-20(16)15-7-5-12-9-14(18)6-4-13(12)10-15/h4-10H,3H2,1-2H3. The fraction of sp³-hybridized carbons (Fsp3) is 0.176. The van der Waals surface area contributed by atoms with Crippen LogP contribution in [0, 0.1) is 6.92 Å². The first kappa shape index (κ1) is 14.8. The SMILES string of the molecule is CCOC(=O)c1cc(C)nn1-c1ccc2cc(Br)ccc2c1. The number of nitrogens with zero attached hydrogens (tertiary/aromatic N) is 2. The van der Waals surface area contributed by atoms with Gasteiger partial charge in [-0.25, -0.2) is 9.48 Å². The Hall–Kier alpha value is -2.14. The number of hydrogen-bond donors (Lipinski definition) is 0. The molecule has 0 aliphatic rings. The van der Waals surface area contributed by atoms with Gasteiger partial charge in [-0.2, -0.15) is 5.10 Å². The summed E-state index contributed by atoms with van der Waals surface area (Å²) >= 11 is 3.47. The lowest BCUT2D eigenvalue weighted by atomic mass is 10.1. The van der Waals surface area contributed by atoms with Crippen LogP contribution in [0.15, 0.2) is 46.9 Å². The Morgan fingerprint density at radius 3 is 2.68 bits per heavy atom. The maximum absolute atomic E-state index is 12.1. The first-order chi connectivity index (χ1) is 10.6. The minimum atomic E-state index is -0.362. The average Bonchev–Trinajstić information content (AvgIpc) is 2.89. The van der Waals surface area contributed by atoms with E-state index < -0.39 is 0 Å². The predicted octanol–water partition coefficient (Wildman–Crippen LogP) is 4.27. The molecule has 0 bridgehead atoms. The molecule has 22 heavy (non-hydrogen) atoms. The Balaban J connectivity index is 2.11. The molecule has 1 heterocycles. The summed E-state index contributed by atoms with van der Waals surface area (Å²) < 4.78 is 7.77. The normalized spacial score (nSPS) is 10.9. The van der Waals surface area contributed by atoms with E-state index in [1.54, 1.807) is 17.7 Å². The van der Waals surface area contributed by atoms with Crippen molar-refractivity contribution in [1.82, 2.24) is 9.78 Å². The molecule has 0 amide bonds. The number of fused-ring (bicyclic) bond motifs is 1. The molecule has 112 valence electrons. The van der Waals surface area contributed by atoms with Crippen molar-refractivity contribution in [3.63, 3.8) is 0 Å². The molecule has 0 radical (unpaired) electrons. The highest BCUT2D eigenvalue weighted by Gasteiger charge is 2.16. The van der Waals surface area contributed by atoms with E-state index in [1.807, 2.05) is 37.3 Å². The molecule has 0 fully saturated rings. The van der Waals surface area contributed by atoms with Gasteiger partial charge in [-0.3, -0.25) is 0 Å². The third-order valence-electron chi connectivity index (χ3n) is 3.35. The second kappa shape index (κ2) is 5.93. The van der Waals surface area contributed by atoms with Crippen LogP contribution in [0.4, 0.5) is 0 Å². The van der Waals surface area contributed by atoms with E-state index in [0.29, 0.717) is 12.3 Å². The number of benzene rings is 2. The summed E-state index contributed by atoms with van der Waals surface area (Å²) in [5.41, 5.74) is 2.06. The minimum Gasteiger partial charge on any atom is -0.461 e. The lowest BCUT2D eigenvalue weighted by Crippen LogP contribution is -2.11. The number of ether oxygens (including phenoxy) is 1. The van der Waals surface area contributed by atoms with Crippen LogP contribution in [0.1, 0.15) is 23.1 Å². The molecular weight excluding hydrogens is 344 g/mol. The van der Waals surface area contributed by atoms with Gasteiger partial charge in [-0.1, -0.05) is 28.1 Å². The highest BCUT2D eigenvalue weighted by atomic mass is 79.9. The number of halogens is 1. The summed E-state index contributed by atoms with van der Waals surface area (Å²) in [6.45, 7) is 3.99. The molecule has 2 aromatic carbocycles. The first-order valence-corrected chi connectivity index (χ1v) is 7.81. The number of esters is 1. The topological polar surface area (TPSA) is 44.1 Å². The van der Waals surface area contributed by atoms with Crippen molar-refractivity contribution in [2.45, 2.75) is 13.8 Å². The summed E-state index contributed by atoms with van der Waals surface area (Å²) in [5.74, 6) is -0.362. The van der Waals surface area contributed by atoms with E-state index in [2.05, 4.69) is 27.1 Å². The van der Waals surface area contributed by atoms with Crippen molar-refractivity contribution in [3.8, 4) is 5.69 Å². The molecule has 0 aliphatic carbocycles. The van der Waals surface area contributed by atoms with Gasteiger partial charge < -0.3 is 4.74 Å². The van der Waals surface area contributed by atoms with Gasteiger partial charge in [0.15, 0.2) is 5.69 Å². The van der Waals surface area contributed by atoms with E-state index in [0.717, 1.165) is 26.6 Å². The fourth-order valence-corrected chi connectivity index (χ4v) is 2.76. The zero-order chi connectivity index (χ0) is 15.7. The number of carbonyl (C=O) groups excluding carboxylic acids is 1. The zero-order valence-corrected chi connectivity index (χ0v) is 13.9. The third kappa shape index (κ3) is 2.76. The third-order valence-corrected chi connectivity index (χ3v) is 3.84. The number of rotatable bonds is 3. The Labute approximate surface area is 136 Å². The molecule has 0 saturated heterocycles. The Morgan fingerprint density at radius 2 is 1.91 bits per heavy atom. The van der Waals surface area contributed by atoms with Crippen LogP contribution in [-0.4, -0.2) is 22.4 Å². The number of aryl methyl sites for hydroxylation is 1. The molecule has 0 spiro atoms. The molecule has 0 aliphatic heterocycles. The van der Waals surface area contributed by atoms with E-state index in [9.17, 15) is 4.79 Å². The average molecular weight is 359 g/mol. The summed E-state index contributed by atoms with van der Waals surface area (Å²) in [4.78, 5) is 12.1. The maximum atomic E-state index is 12.1. The van der Waals surface area contributed by atoms with Gasteiger partial charge in [0.1, 0.15) is 0 Å². The quantitative estimate of drug-likeness (QED) is 0.656. The Bertz CT molecular complexity index is 855. The van der Waals surface area contributed by atoms with E-state index in [-0.39, 0.29) is 5.97 Å². The van der Waals surface area contributed by atoms with Gasteiger partial charge in [-0.05, 0) is 55.0 Å². The van der Waals surface area contributed by atoms with Crippen LogP contribution in [-0.2, 0) is 4.74 Å². The van der Waals surface area contributed by atoms with Gasteiger partial charge in [0, 0.05) is 4.47 Å². The van der Waals surface area contributed by atoms with Crippen LogP contribution in [0.3, 0.4) is 0 Å². The van der Waals surface area contributed by atoms with Crippen LogP contribution >= 0.6 is 15.9 Å². The highest BCUT2D eigenvalue weighted by Crippen LogP contribution is 2.23. The van der Waals surface area contributed by atoms with Crippen LogP contribution in [0.2, 0.25) is 0 Å². The van der Waals surface area contributed by atoms with Gasteiger partial charge in [0.05, 0.1) is 18.0 Å². The molecular formula is C17H15BrN2O2. The summed E-state index contributed by atoms with van der Waals surface area (Å²) in [5, 5.41) is 6.63. The largest absolute Gasteiger partial charge is 0.461 e. The molecule has 1 aromatic heterocycles. The van der Waals surface area contributed by atoms with E-state index in [1.165, 1.54) is 0 Å². The van der Waals surface area contributed by atoms with Crippen LogP contribution in [0.5, 0.6) is 0 Å². The second-order valence-corrected chi connectivity index (χ2v) is 5.89. The van der Waals surface area contributed by atoms with Gasteiger partial charge in [0.25, 0.3) is 0 Å². The monoisotopic (exact) mass is 358 g/mol. The lowest BCUT2D eigenvalue weighted by Gasteiger charge is -2.08.